The van der Waals surface area contributed by atoms with E-state index in [1.165, 1.54) is 17.3 Å². The molecule has 2 aromatic rings. The summed E-state index contributed by atoms with van der Waals surface area (Å²) in [6, 6.07) is 15.8. The number of anilines is 1. The number of halogens is 2. The molecule has 140 valence electrons. The van der Waals surface area contributed by atoms with Gasteiger partial charge in [0.2, 0.25) is 0 Å². The Morgan fingerprint density at radius 1 is 1.19 bits per heavy atom. The number of rotatable bonds is 4. The minimum Gasteiger partial charge on any atom is -0.369 e. The van der Waals surface area contributed by atoms with Crippen LogP contribution in [0.5, 0.6) is 0 Å². The molecule has 1 unspecified atom stereocenters. The van der Waals surface area contributed by atoms with Crippen LogP contribution in [0.15, 0.2) is 53.5 Å². The van der Waals surface area contributed by atoms with Gasteiger partial charge in [-0.15, -0.1) is 24.0 Å². The fraction of sp³-hybridized carbons (Fsp3) is 0.350. The highest BCUT2D eigenvalue weighted by Gasteiger charge is 2.23. The van der Waals surface area contributed by atoms with Gasteiger partial charge in [0.1, 0.15) is 5.82 Å². The molecule has 6 heteroatoms. The van der Waals surface area contributed by atoms with Crippen molar-refractivity contribution >= 4 is 35.6 Å². The Kier molecular flexibility index (Phi) is 7.68. The molecule has 0 radical (unpaired) electrons. The molecule has 0 bridgehead atoms. The third-order valence-corrected chi connectivity index (χ3v) is 4.56. The standard InChI is InChI=1S/C20H25FN4.HI/c1-15-7-9-18(10-8-15)25-12-11-17(14-25)24-20(22-2)23-13-16-5-3-4-6-19(16)21;/h3-10,17H,11-14H2,1-2H3,(H2,22,23,24);1H. The molecule has 2 N–H and O–H groups in total. The minimum absolute atomic E-state index is 0. The van der Waals surface area contributed by atoms with Gasteiger partial charge in [-0.2, -0.15) is 0 Å². The average Bonchev–Trinajstić information content (AvgIpc) is 3.09. The summed E-state index contributed by atoms with van der Waals surface area (Å²) in [5.41, 5.74) is 3.16. The molecule has 1 aliphatic heterocycles. The number of aryl methyl sites for hydroxylation is 1. The smallest absolute Gasteiger partial charge is 0.191 e. The lowest BCUT2D eigenvalue weighted by Gasteiger charge is -2.20. The third-order valence-electron chi connectivity index (χ3n) is 4.56. The van der Waals surface area contributed by atoms with Crippen molar-refractivity contribution in [1.82, 2.24) is 10.6 Å². The Bertz CT molecular complexity index is 733. The lowest BCUT2D eigenvalue weighted by molar-refractivity contribution is 0.601. The number of hydrogen-bond donors (Lipinski definition) is 2. The van der Waals surface area contributed by atoms with Gasteiger partial charge in [0.15, 0.2) is 5.96 Å². The Morgan fingerprint density at radius 2 is 1.92 bits per heavy atom. The van der Waals surface area contributed by atoms with Gasteiger partial charge in [0, 0.05) is 44.0 Å². The van der Waals surface area contributed by atoms with E-state index in [0.717, 1.165) is 19.5 Å². The maximum Gasteiger partial charge on any atom is 0.191 e. The van der Waals surface area contributed by atoms with Crippen molar-refractivity contribution in [3.63, 3.8) is 0 Å². The summed E-state index contributed by atoms with van der Waals surface area (Å²) in [4.78, 5) is 6.64. The molecule has 0 spiro atoms. The van der Waals surface area contributed by atoms with E-state index in [2.05, 4.69) is 51.7 Å². The Balaban J connectivity index is 0.00000243. The van der Waals surface area contributed by atoms with E-state index >= 15 is 0 Å². The van der Waals surface area contributed by atoms with E-state index in [4.69, 9.17) is 0 Å². The molecule has 1 saturated heterocycles. The molecule has 1 atom stereocenters. The highest BCUT2D eigenvalue weighted by atomic mass is 127. The highest BCUT2D eigenvalue weighted by Crippen LogP contribution is 2.20. The van der Waals surface area contributed by atoms with Gasteiger partial charge in [-0.25, -0.2) is 4.39 Å². The third kappa shape index (κ3) is 5.33. The van der Waals surface area contributed by atoms with Crippen molar-refractivity contribution in [2.75, 3.05) is 25.0 Å². The zero-order valence-corrected chi connectivity index (χ0v) is 17.5. The van der Waals surface area contributed by atoms with Gasteiger partial charge < -0.3 is 15.5 Å². The van der Waals surface area contributed by atoms with Crippen molar-refractivity contribution in [3.8, 4) is 0 Å². The molecule has 1 fully saturated rings. The topological polar surface area (TPSA) is 39.7 Å². The number of guanidine groups is 1. The van der Waals surface area contributed by atoms with Gasteiger partial charge in [-0.05, 0) is 31.5 Å². The van der Waals surface area contributed by atoms with Crippen LogP contribution in [0.4, 0.5) is 10.1 Å². The molecule has 0 aliphatic carbocycles. The summed E-state index contributed by atoms with van der Waals surface area (Å²) in [5, 5.41) is 6.64. The Morgan fingerprint density at radius 3 is 2.62 bits per heavy atom. The van der Waals surface area contributed by atoms with Crippen LogP contribution in [0.2, 0.25) is 0 Å². The normalized spacial score (nSPS) is 17.0. The maximum atomic E-state index is 13.7. The second kappa shape index (κ2) is 9.75. The lowest BCUT2D eigenvalue weighted by Crippen LogP contribution is -2.44. The summed E-state index contributed by atoms with van der Waals surface area (Å²) < 4.78 is 13.7. The van der Waals surface area contributed by atoms with Crippen molar-refractivity contribution in [1.29, 1.82) is 0 Å². The molecule has 0 amide bonds. The minimum atomic E-state index is -0.197. The molecule has 26 heavy (non-hydrogen) atoms. The zero-order valence-electron chi connectivity index (χ0n) is 15.2. The fourth-order valence-electron chi connectivity index (χ4n) is 3.08. The lowest BCUT2D eigenvalue weighted by atomic mass is 10.2. The molecule has 1 aliphatic rings. The molecule has 2 aromatic carbocycles. The number of aliphatic imine (C=N–C) groups is 1. The van der Waals surface area contributed by atoms with Crippen LogP contribution in [0.3, 0.4) is 0 Å². The van der Waals surface area contributed by atoms with Crippen molar-refractivity contribution in [3.05, 3.63) is 65.5 Å². The largest absolute Gasteiger partial charge is 0.369 e. The van der Waals surface area contributed by atoms with Gasteiger partial charge in [0.05, 0.1) is 0 Å². The van der Waals surface area contributed by atoms with Gasteiger partial charge in [-0.3, -0.25) is 4.99 Å². The molecule has 4 nitrogen and oxygen atoms in total. The van der Waals surface area contributed by atoms with Crippen molar-refractivity contribution in [2.45, 2.75) is 25.9 Å². The fourth-order valence-corrected chi connectivity index (χ4v) is 3.08. The molecular weight excluding hydrogens is 442 g/mol. The van der Waals surface area contributed by atoms with E-state index in [1.807, 2.05) is 6.07 Å². The quantitative estimate of drug-likeness (QED) is 0.409. The van der Waals surface area contributed by atoms with Crippen LogP contribution >= 0.6 is 24.0 Å². The number of hydrogen-bond acceptors (Lipinski definition) is 2. The van der Waals surface area contributed by atoms with Crippen molar-refractivity contribution in [2.24, 2.45) is 4.99 Å². The van der Waals surface area contributed by atoms with Crippen molar-refractivity contribution < 1.29 is 4.39 Å². The van der Waals surface area contributed by atoms with Gasteiger partial charge in [0.25, 0.3) is 0 Å². The molecule has 3 rings (SSSR count). The van der Waals surface area contributed by atoms with E-state index in [9.17, 15) is 4.39 Å². The number of nitrogens with one attached hydrogen (secondary N) is 2. The molecule has 1 heterocycles. The SMILES string of the molecule is CN=C(NCc1ccccc1F)NC1CCN(c2ccc(C)cc2)C1.I. The predicted octanol–water partition coefficient (Wildman–Crippen LogP) is 3.70. The number of benzene rings is 2. The van der Waals surface area contributed by atoms with Crippen LogP contribution in [0.25, 0.3) is 0 Å². The van der Waals surface area contributed by atoms with E-state index < -0.39 is 0 Å². The summed E-state index contributed by atoms with van der Waals surface area (Å²) in [6.45, 7) is 4.47. The Hall–Kier alpha value is -1.83. The zero-order chi connectivity index (χ0) is 17.6. The summed E-state index contributed by atoms with van der Waals surface area (Å²) in [6.07, 6.45) is 1.05. The summed E-state index contributed by atoms with van der Waals surface area (Å²) in [7, 11) is 1.74. The first-order valence-electron chi connectivity index (χ1n) is 8.68. The maximum absolute atomic E-state index is 13.7. The van der Waals surface area contributed by atoms with Crippen LogP contribution < -0.4 is 15.5 Å². The second-order valence-corrected chi connectivity index (χ2v) is 6.43. The summed E-state index contributed by atoms with van der Waals surface area (Å²) in [5.74, 6) is 0.510. The first kappa shape index (κ1) is 20.5. The molecule has 0 saturated carbocycles. The molecular formula is C20H26FIN4. The van der Waals surface area contributed by atoms with Crippen LogP contribution in [-0.2, 0) is 6.54 Å². The van der Waals surface area contributed by atoms with Crippen LogP contribution in [0.1, 0.15) is 17.5 Å². The van der Waals surface area contributed by atoms with E-state index in [1.54, 1.807) is 19.2 Å². The van der Waals surface area contributed by atoms with E-state index in [-0.39, 0.29) is 29.8 Å². The first-order valence-corrected chi connectivity index (χ1v) is 8.68. The second-order valence-electron chi connectivity index (χ2n) is 6.43. The predicted molar refractivity (Wildman–Crippen MR) is 117 cm³/mol. The first-order chi connectivity index (χ1) is 12.2. The van der Waals surface area contributed by atoms with E-state index in [0.29, 0.717) is 24.1 Å². The van der Waals surface area contributed by atoms with Crippen LogP contribution in [0, 0.1) is 12.7 Å². The number of nitrogens with zero attached hydrogens (tertiary/aromatic N) is 2. The monoisotopic (exact) mass is 468 g/mol. The summed E-state index contributed by atoms with van der Waals surface area (Å²) >= 11 is 0. The molecule has 0 aromatic heterocycles. The Labute approximate surface area is 171 Å². The average molecular weight is 468 g/mol. The van der Waals surface area contributed by atoms with Gasteiger partial charge in [-0.1, -0.05) is 35.9 Å². The van der Waals surface area contributed by atoms with Crippen LogP contribution in [-0.4, -0.2) is 32.1 Å². The van der Waals surface area contributed by atoms with Gasteiger partial charge >= 0.3 is 0 Å². The highest BCUT2D eigenvalue weighted by molar-refractivity contribution is 14.0.